The molecule has 0 aliphatic carbocycles. The highest BCUT2D eigenvalue weighted by atomic mass is 79.9. The predicted molar refractivity (Wildman–Crippen MR) is 81.0 cm³/mol. The molecule has 2 aliphatic rings. The molecule has 19 heavy (non-hydrogen) atoms. The summed E-state index contributed by atoms with van der Waals surface area (Å²) in [7, 11) is 0. The van der Waals surface area contributed by atoms with Crippen LogP contribution in [0.15, 0.2) is 22.8 Å². The molecular formula is C15H22BrN3. The van der Waals surface area contributed by atoms with Crippen molar-refractivity contribution in [1.82, 2.24) is 14.8 Å². The van der Waals surface area contributed by atoms with E-state index in [9.17, 15) is 0 Å². The first-order chi connectivity index (χ1) is 9.31. The Bertz CT molecular complexity index is 410. The molecule has 0 aromatic carbocycles. The fraction of sp³-hybridized carbons (Fsp3) is 0.667. The molecule has 1 aromatic rings. The van der Waals surface area contributed by atoms with Gasteiger partial charge in [-0.05, 0) is 50.9 Å². The number of rotatable bonds is 3. The zero-order valence-electron chi connectivity index (χ0n) is 11.4. The maximum Gasteiger partial charge on any atom is 0.0555 e. The minimum absolute atomic E-state index is 0.842. The lowest BCUT2D eigenvalue weighted by Crippen LogP contribution is -2.43. The monoisotopic (exact) mass is 323 g/mol. The van der Waals surface area contributed by atoms with Crippen LogP contribution in [-0.4, -0.2) is 47.0 Å². The standard InChI is InChI=1S/C15H22BrN3/c16-13-3-6-17-14(11-13)12-18-9-4-15(5-10-18)19-7-1-2-8-19/h3,6,11,15H,1-2,4-5,7-10,12H2. The van der Waals surface area contributed by atoms with E-state index in [4.69, 9.17) is 0 Å². The fourth-order valence-electron chi connectivity index (χ4n) is 3.31. The molecule has 2 fully saturated rings. The molecule has 0 amide bonds. The smallest absolute Gasteiger partial charge is 0.0555 e. The SMILES string of the molecule is Brc1ccnc(CN2CCC(N3CCCC3)CC2)c1. The molecule has 4 heteroatoms. The Hall–Kier alpha value is -0.450. The maximum absolute atomic E-state index is 4.45. The van der Waals surface area contributed by atoms with Crippen molar-refractivity contribution in [2.45, 2.75) is 38.3 Å². The molecule has 1 aromatic heterocycles. The van der Waals surface area contributed by atoms with E-state index in [0.717, 1.165) is 17.1 Å². The van der Waals surface area contributed by atoms with E-state index in [-0.39, 0.29) is 0 Å². The van der Waals surface area contributed by atoms with Gasteiger partial charge in [0.05, 0.1) is 5.69 Å². The number of hydrogen-bond acceptors (Lipinski definition) is 3. The first-order valence-electron chi connectivity index (χ1n) is 7.38. The van der Waals surface area contributed by atoms with E-state index < -0.39 is 0 Å². The van der Waals surface area contributed by atoms with Crippen LogP contribution in [0, 0.1) is 0 Å². The summed E-state index contributed by atoms with van der Waals surface area (Å²) >= 11 is 3.52. The van der Waals surface area contributed by atoms with E-state index in [1.54, 1.807) is 0 Å². The summed E-state index contributed by atoms with van der Waals surface area (Å²) in [6.45, 7) is 6.09. The Morgan fingerprint density at radius 1 is 1.16 bits per heavy atom. The van der Waals surface area contributed by atoms with E-state index in [1.165, 1.54) is 57.6 Å². The van der Waals surface area contributed by atoms with Gasteiger partial charge < -0.3 is 4.90 Å². The first kappa shape index (κ1) is 13.5. The number of aromatic nitrogens is 1. The highest BCUT2D eigenvalue weighted by molar-refractivity contribution is 9.10. The lowest BCUT2D eigenvalue weighted by Gasteiger charge is -2.36. The van der Waals surface area contributed by atoms with Gasteiger partial charge in [-0.15, -0.1) is 0 Å². The Balaban J connectivity index is 1.50. The lowest BCUT2D eigenvalue weighted by molar-refractivity contribution is 0.122. The molecule has 0 saturated carbocycles. The summed E-state index contributed by atoms with van der Waals surface area (Å²) < 4.78 is 1.13. The van der Waals surface area contributed by atoms with Gasteiger partial charge in [-0.1, -0.05) is 15.9 Å². The zero-order valence-corrected chi connectivity index (χ0v) is 13.0. The topological polar surface area (TPSA) is 19.4 Å². The van der Waals surface area contributed by atoms with Crippen LogP contribution >= 0.6 is 15.9 Å². The third-order valence-corrected chi connectivity index (χ3v) is 4.87. The molecule has 0 radical (unpaired) electrons. The average Bonchev–Trinajstić information content (AvgIpc) is 2.94. The van der Waals surface area contributed by atoms with Crippen molar-refractivity contribution < 1.29 is 0 Å². The van der Waals surface area contributed by atoms with Crippen molar-refractivity contribution in [3.63, 3.8) is 0 Å². The van der Waals surface area contributed by atoms with Gasteiger partial charge in [-0.25, -0.2) is 0 Å². The highest BCUT2D eigenvalue weighted by Crippen LogP contribution is 2.22. The molecule has 0 N–H and O–H groups in total. The van der Waals surface area contributed by atoms with Gasteiger partial charge in [-0.3, -0.25) is 9.88 Å². The number of likely N-dealkylation sites (tertiary alicyclic amines) is 2. The lowest BCUT2D eigenvalue weighted by atomic mass is 10.0. The van der Waals surface area contributed by atoms with E-state index in [1.807, 2.05) is 12.3 Å². The number of pyridine rings is 1. The van der Waals surface area contributed by atoms with Crippen LogP contribution in [0.5, 0.6) is 0 Å². The molecule has 2 aliphatic heterocycles. The highest BCUT2D eigenvalue weighted by Gasteiger charge is 2.26. The minimum atomic E-state index is 0.842. The molecule has 0 spiro atoms. The van der Waals surface area contributed by atoms with Crippen molar-refractivity contribution in [3.8, 4) is 0 Å². The predicted octanol–water partition coefficient (Wildman–Crippen LogP) is 2.90. The molecule has 3 rings (SSSR count). The van der Waals surface area contributed by atoms with Crippen LogP contribution in [0.2, 0.25) is 0 Å². The Kier molecular flexibility index (Phi) is 4.51. The second-order valence-corrected chi connectivity index (χ2v) is 6.63. The summed E-state index contributed by atoms with van der Waals surface area (Å²) in [5, 5.41) is 0. The van der Waals surface area contributed by atoms with Crippen LogP contribution in [0.3, 0.4) is 0 Å². The summed E-state index contributed by atoms with van der Waals surface area (Å²) in [5.41, 5.74) is 1.17. The quantitative estimate of drug-likeness (QED) is 0.852. The van der Waals surface area contributed by atoms with Crippen molar-refractivity contribution in [2.75, 3.05) is 26.2 Å². The third kappa shape index (κ3) is 3.56. The van der Waals surface area contributed by atoms with Crippen molar-refractivity contribution in [2.24, 2.45) is 0 Å². The molecule has 104 valence electrons. The normalized spacial score (nSPS) is 23.0. The second kappa shape index (κ2) is 6.33. The first-order valence-corrected chi connectivity index (χ1v) is 8.17. The molecule has 2 saturated heterocycles. The van der Waals surface area contributed by atoms with Crippen molar-refractivity contribution in [3.05, 3.63) is 28.5 Å². The van der Waals surface area contributed by atoms with Gasteiger partial charge in [0, 0.05) is 36.3 Å². The van der Waals surface area contributed by atoms with Gasteiger partial charge >= 0.3 is 0 Å². The second-order valence-electron chi connectivity index (χ2n) is 5.72. The Morgan fingerprint density at radius 2 is 1.89 bits per heavy atom. The van der Waals surface area contributed by atoms with Crippen LogP contribution in [0.4, 0.5) is 0 Å². The van der Waals surface area contributed by atoms with Crippen LogP contribution < -0.4 is 0 Å². The van der Waals surface area contributed by atoms with Gasteiger partial charge in [0.1, 0.15) is 0 Å². The molecule has 0 unspecified atom stereocenters. The summed E-state index contributed by atoms with van der Waals surface area (Å²) in [4.78, 5) is 9.69. The molecular weight excluding hydrogens is 302 g/mol. The molecule has 3 nitrogen and oxygen atoms in total. The Morgan fingerprint density at radius 3 is 2.58 bits per heavy atom. The summed E-state index contributed by atoms with van der Waals surface area (Å²) in [6, 6.07) is 4.96. The molecule has 0 bridgehead atoms. The van der Waals surface area contributed by atoms with Gasteiger partial charge in [0.2, 0.25) is 0 Å². The van der Waals surface area contributed by atoms with Crippen LogP contribution in [0.1, 0.15) is 31.4 Å². The Labute approximate surface area is 124 Å². The minimum Gasteiger partial charge on any atom is -0.300 e. The average molecular weight is 324 g/mol. The van der Waals surface area contributed by atoms with E-state index in [0.29, 0.717) is 0 Å². The summed E-state index contributed by atoms with van der Waals surface area (Å²) in [6.07, 6.45) is 7.35. The van der Waals surface area contributed by atoms with Crippen molar-refractivity contribution in [1.29, 1.82) is 0 Å². The van der Waals surface area contributed by atoms with Gasteiger partial charge in [-0.2, -0.15) is 0 Å². The maximum atomic E-state index is 4.45. The van der Waals surface area contributed by atoms with E-state index in [2.05, 4.69) is 36.8 Å². The third-order valence-electron chi connectivity index (χ3n) is 4.38. The zero-order chi connectivity index (χ0) is 13.1. The molecule has 3 heterocycles. The van der Waals surface area contributed by atoms with Gasteiger partial charge in [0.25, 0.3) is 0 Å². The number of hydrogen-bond donors (Lipinski definition) is 0. The van der Waals surface area contributed by atoms with E-state index >= 15 is 0 Å². The fourth-order valence-corrected chi connectivity index (χ4v) is 3.70. The van der Waals surface area contributed by atoms with Crippen molar-refractivity contribution >= 4 is 15.9 Å². The number of nitrogens with zero attached hydrogens (tertiary/aromatic N) is 3. The number of halogens is 1. The number of piperidine rings is 1. The van der Waals surface area contributed by atoms with Gasteiger partial charge in [0.15, 0.2) is 0 Å². The molecule has 0 atom stereocenters. The van der Waals surface area contributed by atoms with Crippen LogP contribution in [-0.2, 0) is 6.54 Å². The largest absolute Gasteiger partial charge is 0.300 e. The summed E-state index contributed by atoms with van der Waals surface area (Å²) in [5.74, 6) is 0. The van der Waals surface area contributed by atoms with Crippen LogP contribution in [0.25, 0.3) is 0 Å².